The Morgan fingerprint density at radius 3 is 1.18 bits per heavy atom. The van der Waals surface area contributed by atoms with Gasteiger partial charge in [0, 0.05) is 0 Å². The van der Waals surface area contributed by atoms with Gasteiger partial charge in [0.1, 0.15) is 0 Å². The Bertz CT molecular complexity index is 1120. The van der Waals surface area contributed by atoms with Crippen LogP contribution >= 0.6 is 22.2 Å². The van der Waals surface area contributed by atoms with Gasteiger partial charge in [0.05, 0.1) is 0 Å². The Balaban J connectivity index is 4.89. The monoisotopic (exact) mass is 801 g/mol. The average Bonchev–Trinajstić information content (AvgIpc) is 2.80. The van der Waals surface area contributed by atoms with Gasteiger partial charge in [-0.05, 0) is 0 Å². The molecule has 0 heterocycles. The van der Waals surface area contributed by atoms with E-state index in [2.05, 4.69) is 197 Å². The predicted octanol–water partition coefficient (Wildman–Crippen LogP) is 13.1. The number of hydrogen-bond donors (Lipinski definition) is 0. The minimum atomic E-state index is -2.79. The molecule has 0 saturated heterocycles. The fraction of sp³-hybridized carbons (Fsp3) is 0.771. The molecular formula is C35H69Cl2GeSi6. The molecule has 0 unspecified atom stereocenters. The van der Waals surface area contributed by atoms with E-state index in [1.54, 1.807) is 0 Å². The van der Waals surface area contributed by atoms with Gasteiger partial charge in [0.15, 0.2) is 0 Å². The van der Waals surface area contributed by atoms with Crippen molar-refractivity contribution in [2.75, 3.05) is 0 Å². The molecule has 0 bridgehead atoms. The van der Waals surface area contributed by atoms with Gasteiger partial charge in [-0.2, -0.15) is 0 Å². The molecule has 44 heavy (non-hydrogen) atoms. The Kier molecular flexibility index (Phi) is 13.1. The van der Waals surface area contributed by atoms with Crippen LogP contribution in [0.3, 0.4) is 0 Å². The first-order valence-electron chi connectivity index (χ1n) is 16.6. The molecule has 1 rings (SSSR count). The normalized spacial score (nSPS) is 17.4. The summed E-state index contributed by atoms with van der Waals surface area (Å²) in [6.07, 6.45) is 0. The van der Waals surface area contributed by atoms with Crippen molar-refractivity contribution in [3.63, 3.8) is 0 Å². The van der Waals surface area contributed by atoms with Crippen molar-refractivity contribution in [2.24, 2.45) is 0 Å². The van der Waals surface area contributed by atoms with Gasteiger partial charge in [0.25, 0.3) is 0 Å². The van der Waals surface area contributed by atoms with E-state index in [9.17, 15) is 11.1 Å². The van der Waals surface area contributed by atoms with Crippen LogP contribution in [0.1, 0.15) is 130 Å². The van der Waals surface area contributed by atoms with Crippen molar-refractivity contribution < 1.29 is 0 Å². The molecule has 0 saturated carbocycles. The summed E-state index contributed by atoms with van der Waals surface area (Å²) >= 11 is 20.5. The van der Waals surface area contributed by atoms with E-state index in [-0.39, 0.29) is 30.2 Å². The van der Waals surface area contributed by atoms with Crippen molar-refractivity contribution in [3.05, 3.63) is 41.6 Å². The Morgan fingerprint density at radius 1 is 0.591 bits per heavy atom. The van der Waals surface area contributed by atoms with Gasteiger partial charge < -0.3 is 0 Å². The van der Waals surface area contributed by atoms with Crippen LogP contribution in [-0.4, -0.2) is 60.2 Å². The van der Waals surface area contributed by atoms with Crippen molar-refractivity contribution in [3.8, 4) is 0 Å². The summed E-state index contributed by atoms with van der Waals surface area (Å²) < 4.78 is 1.42. The molecule has 9 heteroatoms. The number of benzene rings is 1. The Hall–Kier alpha value is 1.38. The second-order valence-electron chi connectivity index (χ2n) is 20.2. The van der Waals surface area contributed by atoms with E-state index in [1.165, 1.54) is 9.97 Å². The molecule has 0 aliphatic rings. The molecule has 0 fully saturated rings. The van der Waals surface area contributed by atoms with E-state index < -0.39 is 43.7 Å². The first-order chi connectivity index (χ1) is 19.0. The molecule has 251 valence electrons. The Morgan fingerprint density at radius 2 is 0.909 bits per heavy atom. The minimum absolute atomic E-state index is 0.116. The van der Waals surface area contributed by atoms with Crippen LogP contribution in [0.4, 0.5) is 0 Å². The quantitative estimate of drug-likeness (QED) is 0.190. The summed E-state index contributed by atoms with van der Waals surface area (Å²) in [7, 11) is -9.56. The number of hydrogen-bond acceptors (Lipinski definition) is 0. The van der Waals surface area contributed by atoms with Crippen molar-refractivity contribution >= 4 is 86.8 Å². The van der Waals surface area contributed by atoms with Gasteiger partial charge in [-0.25, -0.2) is 0 Å². The average molecular weight is 802 g/mol. The van der Waals surface area contributed by atoms with E-state index in [1.807, 2.05) is 0 Å². The van der Waals surface area contributed by atoms with Crippen molar-refractivity contribution in [1.29, 1.82) is 0 Å². The molecule has 1 atom stereocenters. The van der Waals surface area contributed by atoms with Crippen LogP contribution in [-0.2, 0) is 0 Å². The van der Waals surface area contributed by atoms with E-state index >= 15 is 0 Å². The molecule has 0 aliphatic carbocycles. The molecule has 1 aromatic rings. The van der Waals surface area contributed by atoms with Crippen LogP contribution in [0.5, 0.6) is 0 Å². The molecule has 0 amide bonds. The fourth-order valence-corrected chi connectivity index (χ4v) is 185. The molecule has 1 aromatic carbocycles. The van der Waals surface area contributed by atoms with E-state index in [0.29, 0.717) is 0 Å². The zero-order valence-electron chi connectivity index (χ0n) is 32.7. The van der Waals surface area contributed by atoms with Crippen LogP contribution in [0.2, 0.25) is 49.9 Å². The molecular weight excluding hydrogens is 732 g/mol. The van der Waals surface area contributed by atoms with Crippen molar-refractivity contribution in [2.45, 2.75) is 174 Å². The van der Waals surface area contributed by atoms with Crippen LogP contribution in [0.25, 0.3) is 4.41 Å². The molecule has 0 aromatic heterocycles. The fourth-order valence-electron chi connectivity index (χ4n) is 8.26. The maximum atomic E-state index is 9.34. The summed E-state index contributed by atoms with van der Waals surface area (Å²) in [5, 5.41) is 0.866. The Labute approximate surface area is 300 Å². The van der Waals surface area contributed by atoms with E-state index in [4.69, 9.17) is 11.1 Å². The summed E-state index contributed by atoms with van der Waals surface area (Å²) in [5.74, 6) is -2.79. The molecule has 5 radical (unpaired) electrons. The van der Waals surface area contributed by atoms with Crippen LogP contribution in [0.15, 0.2) is 36.0 Å². The van der Waals surface area contributed by atoms with Gasteiger partial charge in [-0.1, -0.05) is 0 Å². The number of rotatable bonds is 7. The second-order valence-corrected chi connectivity index (χ2v) is 77.2. The molecule has 0 aliphatic heterocycles. The van der Waals surface area contributed by atoms with Gasteiger partial charge in [0.2, 0.25) is 0 Å². The third-order valence-electron chi connectivity index (χ3n) is 12.7. The molecule has 0 N–H and O–H groups in total. The summed E-state index contributed by atoms with van der Waals surface area (Å²) in [4.78, 5) is 0. The third-order valence-corrected chi connectivity index (χ3v) is 128. The van der Waals surface area contributed by atoms with Gasteiger partial charge in [-0.3, -0.25) is 0 Å². The zero-order valence-corrected chi connectivity index (χ0v) is 42.3. The topological polar surface area (TPSA) is 0 Å². The predicted molar refractivity (Wildman–Crippen MR) is 222 cm³/mol. The standard InChI is InChI=1S/C35H69Cl2GeSi6/c1-30(2,3)41(19,31(4,5)6)39(27-29(38)28-25-23-22-24-26-28)44(37,43(21,34(13,14)15)35(16,17)18)40(36)42(20,32(7,8)9)33(10,11)12/h22-27H,1-21H3/b29-27-/t44-/m1/s1. The maximum absolute atomic E-state index is 9.34. The second kappa shape index (κ2) is 13.3. The van der Waals surface area contributed by atoms with Crippen molar-refractivity contribution in [1.82, 2.24) is 0 Å². The first kappa shape index (κ1) is 43.4. The summed E-state index contributed by atoms with van der Waals surface area (Å²) in [5.41, 5.74) is 4.20. The van der Waals surface area contributed by atoms with Crippen LogP contribution < -0.4 is 0 Å². The van der Waals surface area contributed by atoms with Gasteiger partial charge in [-0.15, -0.1) is 0 Å². The van der Waals surface area contributed by atoms with E-state index in [0.717, 1.165) is 0 Å². The zero-order chi connectivity index (χ0) is 35.6. The SMILES string of the molecule is CC(C)(C)[Si](C)([Si](Cl)[Si@@](Cl)([Si](/C=[C](\[Ge])c1ccccc1)[Si](C)(C(C)(C)C)C(C)(C)C)[Si](C)(C(C)(C)C)C(C)(C)C)C(C)(C)C. The molecule has 0 nitrogen and oxygen atoms in total. The summed E-state index contributed by atoms with van der Waals surface area (Å²) in [6.45, 7) is 54.0. The van der Waals surface area contributed by atoms with Gasteiger partial charge >= 0.3 is 303 Å². The summed E-state index contributed by atoms with van der Waals surface area (Å²) in [6, 6.07) is 11.1. The first-order valence-corrected chi connectivity index (χ1v) is 37.3. The number of halogens is 2. The third kappa shape index (κ3) is 7.15. The van der Waals surface area contributed by atoms with Crippen LogP contribution in [0, 0.1) is 0 Å². The molecule has 0 spiro atoms.